The number of aliphatic hydroxyl groups excluding tert-OH is 2. The number of hydrogen-bond donors (Lipinski definition) is 2. The number of hydrogen-bond acceptors (Lipinski definition) is 4. The van der Waals surface area contributed by atoms with E-state index < -0.39 is 0 Å². The lowest BCUT2D eigenvalue weighted by atomic mass is 9.43. The Labute approximate surface area is 183 Å². The van der Waals surface area contributed by atoms with Gasteiger partial charge in [-0.1, -0.05) is 33.6 Å². The van der Waals surface area contributed by atoms with Crippen LogP contribution in [0.5, 0.6) is 0 Å². The van der Waals surface area contributed by atoms with E-state index in [-0.39, 0.29) is 29.0 Å². The molecule has 10 atom stereocenters. The second-order valence-corrected chi connectivity index (χ2v) is 11.7. The number of carbonyl (C=O) groups is 1. The smallest absolute Gasteiger partial charge is 0.305 e. The summed E-state index contributed by atoms with van der Waals surface area (Å²) in [5.41, 5.74) is 0.145. The van der Waals surface area contributed by atoms with Crippen LogP contribution in [0.25, 0.3) is 0 Å². The van der Waals surface area contributed by atoms with E-state index in [0.717, 1.165) is 32.1 Å². The molecule has 0 spiro atoms. The molecule has 0 bridgehead atoms. The summed E-state index contributed by atoms with van der Waals surface area (Å²) in [4.78, 5) is 11.9. The van der Waals surface area contributed by atoms with Gasteiger partial charge in [0.25, 0.3) is 0 Å². The first-order valence-corrected chi connectivity index (χ1v) is 12.7. The molecule has 4 rings (SSSR count). The molecule has 4 heteroatoms. The van der Waals surface area contributed by atoms with E-state index in [0.29, 0.717) is 48.5 Å². The highest BCUT2D eigenvalue weighted by molar-refractivity contribution is 5.69. The summed E-state index contributed by atoms with van der Waals surface area (Å²) >= 11 is 0. The Morgan fingerprint density at radius 2 is 1.87 bits per heavy atom. The van der Waals surface area contributed by atoms with Gasteiger partial charge in [0, 0.05) is 6.42 Å². The maximum atomic E-state index is 11.9. The molecular formula is C26H44O4. The second-order valence-electron chi connectivity index (χ2n) is 11.7. The molecule has 4 aliphatic carbocycles. The molecule has 0 aliphatic heterocycles. The third-order valence-electron chi connectivity index (χ3n) is 10.6. The van der Waals surface area contributed by atoms with Crippen LogP contribution in [0.3, 0.4) is 0 Å². The van der Waals surface area contributed by atoms with E-state index >= 15 is 0 Å². The van der Waals surface area contributed by atoms with Crippen LogP contribution in [0.15, 0.2) is 0 Å². The van der Waals surface area contributed by atoms with Crippen LogP contribution in [0.2, 0.25) is 0 Å². The Balaban J connectivity index is 1.54. The Kier molecular flexibility index (Phi) is 6.31. The lowest BCUT2D eigenvalue weighted by Gasteiger charge is -2.63. The van der Waals surface area contributed by atoms with E-state index in [4.69, 9.17) is 4.74 Å². The minimum atomic E-state index is -0.300. The van der Waals surface area contributed by atoms with E-state index in [1.165, 1.54) is 25.7 Å². The predicted octanol–water partition coefficient (Wildman–Crippen LogP) is 4.96. The van der Waals surface area contributed by atoms with Gasteiger partial charge in [-0.2, -0.15) is 0 Å². The van der Waals surface area contributed by atoms with Crippen molar-refractivity contribution in [3.8, 4) is 0 Å². The topological polar surface area (TPSA) is 66.8 Å². The van der Waals surface area contributed by atoms with Crippen molar-refractivity contribution in [3.05, 3.63) is 0 Å². The maximum Gasteiger partial charge on any atom is 0.305 e. The standard InChI is InChI=1S/C26H44O4/c1-5-30-23(29)12-9-16(2)18-10-11-19-24-20(15-22(28)26(18,19)4)25(3)13-7-6-8-17(25)14-21(24)27/h16-22,24,27-28H,5-15H2,1-4H3/t16-,17+,18-,19?,20+,21-,22+,24+,25+,26-/m1/s1. The van der Waals surface area contributed by atoms with Crippen LogP contribution in [0.1, 0.15) is 91.9 Å². The van der Waals surface area contributed by atoms with Crippen molar-refractivity contribution in [1.29, 1.82) is 0 Å². The fourth-order valence-electron chi connectivity index (χ4n) is 8.97. The van der Waals surface area contributed by atoms with E-state index in [1.54, 1.807) is 0 Å². The van der Waals surface area contributed by atoms with E-state index in [9.17, 15) is 15.0 Å². The molecule has 0 aromatic heterocycles. The molecule has 4 fully saturated rings. The van der Waals surface area contributed by atoms with Gasteiger partial charge in [-0.15, -0.1) is 0 Å². The van der Waals surface area contributed by atoms with Crippen LogP contribution in [0.4, 0.5) is 0 Å². The molecule has 0 radical (unpaired) electrons. The lowest BCUT2D eigenvalue weighted by Crippen LogP contribution is -2.61. The quantitative estimate of drug-likeness (QED) is 0.617. The van der Waals surface area contributed by atoms with Gasteiger partial charge in [0.15, 0.2) is 0 Å². The lowest BCUT2D eigenvalue weighted by molar-refractivity contribution is -0.201. The minimum absolute atomic E-state index is 0.104. The van der Waals surface area contributed by atoms with Crippen molar-refractivity contribution in [2.45, 2.75) is 104 Å². The summed E-state index contributed by atoms with van der Waals surface area (Å²) in [5, 5.41) is 22.9. The summed E-state index contributed by atoms with van der Waals surface area (Å²) in [5.74, 6) is 2.50. The zero-order valence-corrected chi connectivity index (χ0v) is 19.6. The van der Waals surface area contributed by atoms with Gasteiger partial charge < -0.3 is 14.9 Å². The Bertz CT molecular complexity index is 635. The fraction of sp³-hybridized carbons (Fsp3) is 0.962. The normalized spacial score (nSPS) is 48.9. The largest absolute Gasteiger partial charge is 0.466 e. The molecule has 4 saturated carbocycles. The zero-order chi connectivity index (χ0) is 21.7. The first-order chi connectivity index (χ1) is 14.2. The predicted molar refractivity (Wildman–Crippen MR) is 118 cm³/mol. The van der Waals surface area contributed by atoms with Gasteiger partial charge in [-0.05, 0) is 98.2 Å². The first-order valence-electron chi connectivity index (χ1n) is 12.7. The maximum absolute atomic E-state index is 11.9. The highest BCUT2D eigenvalue weighted by atomic mass is 16.5. The number of ether oxygens (including phenoxy) is 1. The van der Waals surface area contributed by atoms with Crippen molar-refractivity contribution in [1.82, 2.24) is 0 Å². The van der Waals surface area contributed by atoms with Crippen molar-refractivity contribution in [2.75, 3.05) is 6.61 Å². The van der Waals surface area contributed by atoms with Crippen LogP contribution < -0.4 is 0 Å². The SMILES string of the molecule is CCOC(=O)CC[C@@H](C)[C@H]1CCC2[C@@H]3[C@H](O)C[C@@H]4CCCC[C@]4(C)[C@H]3C[C@H](O)[C@@]21C. The van der Waals surface area contributed by atoms with Gasteiger partial charge in [-0.25, -0.2) is 0 Å². The molecule has 0 saturated heterocycles. The van der Waals surface area contributed by atoms with Gasteiger partial charge >= 0.3 is 5.97 Å². The van der Waals surface area contributed by atoms with Gasteiger partial charge in [0.05, 0.1) is 18.8 Å². The van der Waals surface area contributed by atoms with Crippen LogP contribution in [0, 0.1) is 46.3 Å². The number of aliphatic hydroxyl groups is 2. The van der Waals surface area contributed by atoms with Gasteiger partial charge in [0.1, 0.15) is 0 Å². The van der Waals surface area contributed by atoms with Crippen molar-refractivity contribution < 1.29 is 19.7 Å². The van der Waals surface area contributed by atoms with Crippen LogP contribution in [-0.2, 0) is 9.53 Å². The molecular weight excluding hydrogens is 376 g/mol. The van der Waals surface area contributed by atoms with Crippen molar-refractivity contribution in [2.24, 2.45) is 46.3 Å². The zero-order valence-electron chi connectivity index (χ0n) is 19.6. The average Bonchev–Trinajstić information content (AvgIpc) is 3.06. The molecule has 4 nitrogen and oxygen atoms in total. The Morgan fingerprint density at radius 1 is 1.10 bits per heavy atom. The highest BCUT2D eigenvalue weighted by Gasteiger charge is 2.65. The third kappa shape index (κ3) is 3.45. The van der Waals surface area contributed by atoms with Gasteiger partial charge in [0.2, 0.25) is 0 Å². The molecule has 1 unspecified atom stereocenters. The molecule has 0 aromatic carbocycles. The number of rotatable bonds is 5. The number of esters is 1. The minimum Gasteiger partial charge on any atom is -0.466 e. The summed E-state index contributed by atoms with van der Waals surface area (Å²) < 4.78 is 5.13. The summed E-state index contributed by atoms with van der Waals surface area (Å²) in [7, 11) is 0. The van der Waals surface area contributed by atoms with E-state index in [2.05, 4.69) is 20.8 Å². The monoisotopic (exact) mass is 420 g/mol. The van der Waals surface area contributed by atoms with E-state index in [1.807, 2.05) is 6.92 Å². The molecule has 0 amide bonds. The Morgan fingerprint density at radius 3 is 2.60 bits per heavy atom. The van der Waals surface area contributed by atoms with Crippen molar-refractivity contribution >= 4 is 5.97 Å². The first kappa shape index (κ1) is 22.6. The fourth-order valence-corrected chi connectivity index (χ4v) is 8.97. The third-order valence-corrected chi connectivity index (χ3v) is 10.6. The molecule has 0 aromatic rings. The van der Waals surface area contributed by atoms with Gasteiger partial charge in [-0.3, -0.25) is 4.79 Å². The molecule has 30 heavy (non-hydrogen) atoms. The van der Waals surface area contributed by atoms with Crippen molar-refractivity contribution in [3.63, 3.8) is 0 Å². The number of fused-ring (bicyclic) bond motifs is 5. The number of carbonyl (C=O) groups excluding carboxylic acids is 1. The Hall–Kier alpha value is -0.610. The average molecular weight is 421 g/mol. The van der Waals surface area contributed by atoms with Crippen LogP contribution >= 0.6 is 0 Å². The summed E-state index contributed by atoms with van der Waals surface area (Å²) in [6.45, 7) is 9.33. The molecule has 2 N–H and O–H groups in total. The van der Waals surface area contributed by atoms with Crippen LogP contribution in [-0.4, -0.2) is 35.0 Å². The molecule has 4 aliphatic rings. The molecule has 172 valence electrons. The summed E-state index contributed by atoms with van der Waals surface area (Å²) in [6, 6.07) is 0. The summed E-state index contributed by atoms with van der Waals surface area (Å²) in [6.07, 6.45) is 9.94. The second kappa shape index (κ2) is 8.39. The molecule has 0 heterocycles. The highest BCUT2D eigenvalue weighted by Crippen LogP contribution is 2.68.